The second kappa shape index (κ2) is 6.26. The molecule has 6 heteroatoms. The number of anilines is 1. The van der Waals surface area contributed by atoms with E-state index in [0.717, 1.165) is 10.9 Å². The van der Waals surface area contributed by atoms with Crippen LogP contribution < -0.4 is 10.9 Å². The highest BCUT2D eigenvalue weighted by molar-refractivity contribution is 7.98. The fourth-order valence-corrected chi connectivity index (χ4v) is 2.87. The summed E-state index contributed by atoms with van der Waals surface area (Å²) in [6, 6.07) is 10.1. The van der Waals surface area contributed by atoms with Gasteiger partial charge in [-0.25, -0.2) is 9.78 Å². The van der Waals surface area contributed by atoms with Crippen LogP contribution in [0, 0.1) is 6.92 Å². The van der Waals surface area contributed by atoms with E-state index in [1.807, 2.05) is 19.2 Å². The van der Waals surface area contributed by atoms with Crippen LogP contribution in [0.1, 0.15) is 15.9 Å². The molecule has 0 aliphatic carbocycles. The summed E-state index contributed by atoms with van der Waals surface area (Å²) in [7, 11) is 0. The Morgan fingerprint density at radius 2 is 2.09 bits per heavy atom. The fourth-order valence-electron chi connectivity index (χ4n) is 2.33. The lowest BCUT2D eigenvalue weighted by Crippen LogP contribution is -2.13. The number of nitrogens with zero attached hydrogens (tertiary/aromatic N) is 1. The van der Waals surface area contributed by atoms with Crippen molar-refractivity contribution in [3.63, 3.8) is 0 Å². The number of hydrogen-bond acceptors (Lipinski definition) is 5. The van der Waals surface area contributed by atoms with Crippen molar-refractivity contribution < 1.29 is 9.21 Å². The van der Waals surface area contributed by atoms with Crippen molar-refractivity contribution in [2.45, 2.75) is 11.9 Å². The van der Waals surface area contributed by atoms with Crippen LogP contribution in [0.4, 0.5) is 5.69 Å². The van der Waals surface area contributed by atoms with E-state index in [1.165, 1.54) is 17.8 Å². The molecular formula is C17H14N2O3S. The maximum atomic E-state index is 12.4. The van der Waals surface area contributed by atoms with Gasteiger partial charge in [0, 0.05) is 29.4 Å². The quantitative estimate of drug-likeness (QED) is 0.589. The second-order valence-electron chi connectivity index (χ2n) is 4.97. The van der Waals surface area contributed by atoms with Gasteiger partial charge < -0.3 is 9.73 Å². The molecule has 0 fully saturated rings. The Kier molecular flexibility index (Phi) is 4.16. The lowest BCUT2D eigenvalue weighted by molar-refractivity contribution is 0.102. The zero-order valence-electron chi connectivity index (χ0n) is 12.6. The van der Waals surface area contributed by atoms with Gasteiger partial charge in [-0.05, 0) is 43.0 Å². The van der Waals surface area contributed by atoms with E-state index in [-0.39, 0.29) is 5.91 Å². The van der Waals surface area contributed by atoms with E-state index in [1.54, 1.807) is 30.5 Å². The molecule has 1 amide bonds. The topological polar surface area (TPSA) is 72.2 Å². The number of thioether (sulfide) groups is 1. The molecular weight excluding hydrogens is 312 g/mol. The molecule has 2 aromatic heterocycles. The molecule has 1 aromatic carbocycles. The van der Waals surface area contributed by atoms with Gasteiger partial charge in [-0.15, -0.1) is 11.8 Å². The van der Waals surface area contributed by atoms with Crippen LogP contribution in [0.15, 0.2) is 56.8 Å². The third-order valence-corrected chi connectivity index (χ3v) is 4.13. The Balaban J connectivity index is 1.95. The Labute approximate surface area is 136 Å². The van der Waals surface area contributed by atoms with E-state index >= 15 is 0 Å². The number of aryl methyl sites for hydroxylation is 1. The number of benzene rings is 1. The maximum absolute atomic E-state index is 12.4. The average molecular weight is 326 g/mol. The molecule has 0 aliphatic rings. The highest BCUT2D eigenvalue weighted by Crippen LogP contribution is 2.22. The Morgan fingerprint density at radius 3 is 2.87 bits per heavy atom. The van der Waals surface area contributed by atoms with E-state index in [0.29, 0.717) is 21.9 Å². The van der Waals surface area contributed by atoms with Gasteiger partial charge in [0.15, 0.2) is 0 Å². The number of carbonyl (C=O) groups excluding carboxylic acids is 1. The first-order chi connectivity index (χ1) is 11.1. The standard InChI is InChI=1S/C17H14N2O3S/c1-10-8-15(20)22-14-9-11(5-6-12(10)14)19-16(21)13-4-3-7-18-17(13)23-2/h3-9H,1-2H3,(H,19,21). The van der Waals surface area contributed by atoms with Crippen molar-refractivity contribution in [1.29, 1.82) is 0 Å². The van der Waals surface area contributed by atoms with Crippen LogP contribution in [-0.4, -0.2) is 17.1 Å². The van der Waals surface area contributed by atoms with Gasteiger partial charge in [0.2, 0.25) is 0 Å². The summed E-state index contributed by atoms with van der Waals surface area (Å²) in [4.78, 5) is 28.1. The molecule has 0 spiro atoms. The smallest absolute Gasteiger partial charge is 0.336 e. The zero-order chi connectivity index (χ0) is 16.4. The molecule has 0 radical (unpaired) electrons. The van der Waals surface area contributed by atoms with E-state index in [9.17, 15) is 9.59 Å². The van der Waals surface area contributed by atoms with Crippen LogP contribution in [0.25, 0.3) is 11.0 Å². The van der Waals surface area contributed by atoms with E-state index < -0.39 is 5.63 Å². The van der Waals surface area contributed by atoms with Gasteiger partial charge in [-0.3, -0.25) is 4.79 Å². The fraction of sp³-hybridized carbons (Fsp3) is 0.118. The van der Waals surface area contributed by atoms with Crippen LogP contribution in [0.5, 0.6) is 0 Å². The third-order valence-electron chi connectivity index (χ3n) is 3.42. The van der Waals surface area contributed by atoms with E-state index in [2.05, 4.69) is 10.3 Å². The molecule has 3 aromatic rings. The number of hydrogen-bond donors (Lipinski definition) is 1. The summed E-state index contributed by atoms with van der Waals surface area (Å²) in [5.41, 5.74) is 1.95. The monoisotopic (exact) mass is 326 g/mol. The lowest BCUT2D eigenvalue weighted by Gasteiger charge is -2.08. The molecule has 0 saturated carbocycles. The molecule has 23 heavy (non-hydrogen) atoms. The first kappa shape index (κ1) is 15.3. The molecule has 116 valence electrons. The van der Waals surface area contributed by atoms with Crippen LogP contribution in [-0.2, 0) is 0 Å². The van der Waals surface area contributed by atoms with Gasteiger partial charge in [-0.1, -0.05) is 0 Å². The SMILES string of the molecule is CSc1ncccc1C(=O)Nc1ccc2c(C)cc(=O)oc2c1. The Morgan fingerprint density at radius 1 is 1.26 bits per heavy atom. The largest absolute Gasteiger partial charge is 0.423 e. The number of nitrogens with one attached hydrogen (secondary N) is 1. The third kappa shape index (κ3) is 3.12. The molecule has 2 heterocycles. The highest BCUT2D eigenvalue weighted by atomic mass is 32.2. The van der Waals surface area contributed by atoms with Crippen LogP contribution >= 0.6 is 11.8 Å². The molecule has 0 atom stereocenters. The number of carbonyl (C=O) groups is 1. The molecule has 1 N–H and O–H groups in total. The van der Waals surface area contributed by atoms with Crippen LogP contribution in [0.2, 0.25) is 0 Å². The molecule has 3 rings (SSSR count). The normalized spacial score (nSPS) is 10.7. The summed E-state index contributed by atoms with van der Waals surface area (Å²) in [6.07, 6.45) is 3.52. The minimum Gasteiger partial charge on any atom is -0.423 e. The number of fused-ring (bicyclic) bond motifs is 1. The predicted molar refractivity (Wildman–Crippen MR) is 91.2 cm³/mol. The Hall–Kier alpha value is -2.60. The summed E-state index contributed by atoms with van der Waals surface area (Å²) in [6.45, 7) is 1.85. The summed E-state index contributed by atoms with van der Waals surface area (Å²) >= 11 is 1.41. The zero-order valence-corrected chi connectivity index (χ0v) is 13.4. The van der Waals surface area contributed by atoms with Gasteiger partial charge in [0.1, 0.15) is 10.6 Å². The second-order valence-corrected chi connectivity index (χ2v) is 5.77. The van der Waals surface area contributed by atoms with Gasteiger partial charge in [0.25, 0.3) is 5.91 Å². The van der Waals surface area contributed by atoms with Gasteiger partial charge >= 0.3 is 5.63 Å². The Bertz CT molecular complexity index is 950. The number of amides is 1. The van der Waals surface area contributed by atoms with Crippen molar-refractivity contribution in [1.82, 2.24) is 4.98 Å². The summed E-state index contributed by atoms with van der Waals surface area (Å²) in [5.74, 6) is -0.253. The molecule has 0 bridgehead atoms. The molecule has 0 aliphatic heterocycles. The van der Waals surface area contributed by atoms with Crippen molar-refractivity contribution in [3.05, 3.63) is 64.1 Å². The molecule has 0 saturated heterocycles. The van der Waals surface area contributed by atoms with Crippen molar-refractivity contribution >= 4 is 34.3 Å². The minimum absolute atomic E-state index is 0.253. The first-order valence-electron chi connectivity index (χ1n) is 6.93. The lowest BCUT2D eigenvalue weighted by atomic mass is 10.1. The molecule has 0 unspecified atom stereocenters. The number of aromatic nitrogens is 1. The number of rotatable bonds is 3. The average Bonchev–Trinajstić information content (AvgIpc) is 2.54. The van der Waals surface area contributed by atoms with Crippen molar-refractivity contribution in [3.8, 4) is 0 Å². The van der Waals surface area contributed by atoms with E-state index in [4.69, 9.17) is 4.42 Å². The molecule has 5 nitrogen and oxygen atoms in total. The van der Waals surface area contributed by atoms with Crippen molar-refractivity contribution in [2.75, 3.05) is 11.6 Å². The number of pyridine rings is 1. The maximum Gasteiger partial charge on any atom is 0.336 e. The minimum atomic E-state index is -0.407. The highest BCUT2D eigenvalue weighted by Gasteiger charge is 2.12. The summed E-state index contributed by atoms with van der Waals surface area (Å²) in [5, 5.41) is 4.31. The van der Waals surface area contributed by atoms with Gasteiger partial charge in [0.05, 0.1) is 5.56 Å². The van der Waals surface area contributed by atoms with Gasteiger partial charge in [-0.2, -0.15) is 0 Å². The summed E-state index contributed by atoms with van der Waals surface area (Å²) < 4.78 is 5.19. The predicted octanol–water partition coefficient (Wildman–Crippen LogP) is 3.47. The first-order valence-corrected chi connectivity index (χ1v) is 8.16. The van der Waals surface area contributed by atoms with Crippen LogP contribution in [0.3, 0.4) is 0 Å². The van der Waals surface area contributed by atoms with Crippen molar-refractivity contribution in [2.24, 2.45) is 0 Å².